The van der Waals surface area contributed by atoms with Crippen LogP contribution < -0.4 is 25.8 Å². The van der Waals surface area contributed by atoms with E-state index in [-0.39, 0.29) is 17.5 Å². The number of nitrogens with one attached hydrogen (secondary N) is 2. The van der Waals surface area contributed by atoms with Crippen molar-refractivity contribution < 1.29 is 9.53 Å². The number of ether oxygens (including phenoxy) is 1. The van der Waals surface area contributed by atoms with Gasteiger partial charge in [0.05, 0.1) is 29.4 Å². The highest BCUT2D eigenvalue weighted by Crippen LogP contribution is 2.42. The third-order valence-corrected chi connectivity index (χ3v) is 9.60. The summed E-state index contributed by atoms with van der Waals surface area (Å²) < 4.78 is 7.18. The number of fused-ring (bicyclic) bond motifs is 2. The monoisotopic (exact) mass is 681 g/mol. The molecule has 244 valence electrons. The van der Waals surface area contributed by atoms with E-state index >= 15 is 0 Å². The van der Waals surface area contributed by atoms with Crippen molar-refractivity contribution in [2.45, 2.75) is 25.4 Å². The van der Waals surface area contributed by atoms with Crippen molar-refractivity contribution in [3.8, 4) is 39.4 Å². The molecule has 2 N–H and O–H groups in total. The van der Waals surface area contributed by atoms with Gasteiger partial charge in [0.15, 0.2) is 0 Å². The third kappa shape index (κ3) is 6.03. The number of amides is 1. The van der Waals surface area contributed by atoms with E-state index in [0.717, 1.165) is 39.8 Å². The predicted octanol–water partition coefficient (Wildman–Crippen LogP) is 5.64. The number of aromatic nitrogens is 3. The quantitative estimate of drug-likeness (QED) is 0.218. The van der Waals surface area contributed by atoms with Gasteiger partial charge >= 0.3 is 0 Å². The second-order valence-corrected chi connectivity index (χ2v) is 12.6. The molecule has 2 aliphatic rings. The van der Waals surface area contributed by atoms with E-state index in [1.54, 1.807) is 19.5 Å². The molecule has 10 nitrogen and oxygen atoms in total. The number of halogens is 2. The van der Waals surface area contributed by atoms with Gasteiger partial charge in [-0.15, -0.1) is 0 Å². The van der Waals surface area contributed by atoms with Gasteiger partial charge in [-0.25, -0.2) is 9.97 Å². The van der Waals surface area contributed by atoms with Gasteiger partial charge in [-0.1, -0.05) is 65.7 Å². The van der Waals surface area contributed by atoms with Crippen LogP contribution in [0, 0.1) is 0 Å². The second kappa shape index (κ2) is 13.4. The Labute approximate surface area is 287 Å². The highest BCUT2D eigenvalue weighted by molar-refractivity contribution is 6.39. The zero-order chi connectivity index (χ0) is 33.4. The van der Waals surface area contributed by atoms with Crippen molar-refractivity contribution in [1.29, 1.82) is 0 Å². The van der Waals surface area contributed by atoms with Crippen LogP contribution in [0.25, 0.3) is 39.2 Å². The number of hydrogen-bond donors (Lipinski definition) is 2. The van der Waals surface area contributed by atoms with Crippen LogP contribution in [0.1, 0.15) is 24.0 Å². The van der Waals surface area contributed by atoms with Gasteiger partial charge in [0.1, 0.15) is 17.0 Å². The van der Waals surface area contributed by atoms with Crippen molar-refractivity contribution in [1.82, 2.24) is 25.0 Å². The lowest BCUT2D eigenvalue weighted by atomic mass is 9.97. The molecule has 12 heteroatoms. The number of likely N-dealkylation sites (N-methyl/N-ethyl adjacent to an activating group) is 1. The molecule has 2 aliphatic heterocycles. The molecule has 1 saturated heterocycles. The van der Waals surface area contributed by atoms with Gasteiger partial charge in [-0.3, -0.25) is 19.0 Å². The minimum Gasteiger partial charge on any atom is -0.481 e. The highest BCUT2D eigenvalue weighted by atomic mass is 35.5. The number of methoxy groups -OCH3 is 1. The number of anilines is 1. The molecule has 1 fully saturated rings. The standard InChI is InChI=1S/C36H33Cl2N7O3/c1-44-16-14-39-20-28-34(44)43-30-17-21(13-15-45(30)36(28)47)24-5-3-6-25(32(24)37)26-7-4-8-27(33(26)38)29-11-9-22(35(42-29)48-2)18-40-19-23-10-12-31(46)41-23/h3-9,11,13,15,17,20,23,40H,10,12,14,16,18-19H2,1-2H3,(H,41,46)/t23-/m0/s1. The fourth-order valence-electron chi connectivity index (χ4n) is 6.22. The molecule has 7 rings (SSSR count). The molecule has 5 aromatic rings. The average Bonchev–Trinajstić information content (AvgIpc) is 3.42. The maximum absolute atomic E-state index is 13.3. The lowest BCUT2D eigenvalue weighted by molar-refractivity contribution is -0.119. The van der Waals surface area contributed by atoms with Crippen molar-refractivity contribution in [2.75, 3.05) is 38.7 Å². The van der Waals surface area contributed by atoms with Crippen LogP contribution in [0.2, 0.25) is 10.0 Å². The van der Waals surface area contributed by atoms with Crippen molar-refractivity contribution in [2.24, 2.45) is 4.99 Å². The third-order valence-electron chi connectivity index (χ3n) is 8.79. The van der Waals surface area contributed by atoms with Crippen molar-refractivity contribution in [3.63, 3.8) is 0 Å². The second-order valence-electron chi connectivity index (χ2n) is 11.9. The summed E-state index contributed by atoms with van der Waals surface area (Å²) >= 11 is 14.2. The van der Waals surface area contributed by atoms with Crippen LogP contribution in [-0.2, 0) is 11.3 Å². The van der Waals surface area contributed by atoms with E-state index in [0.29, 0.717) is 71.2 Å². The normalized spacial score (nSPS) is 15.8. The van der Waals surface area contributed by atoms with Gasteiger partial charge in [0.25, 0.3) is 5.56 Å². The predicted molar refractivity (Wildman–Crippen MR) is 191 cm³/mol. The number of carbonyl (C=O) groups is 1. The van der Waals surface area contributed by atoms with E-state index < -0.39 is 0 Å². The molecular weight excluding hydrogens is 649 g/mol. The summed E-state index contributed by atoms with van der Waals surface area (Å²) in [5.41, 5.74) is 6.24. The van der Waals surface area contributed by atoms with Crippen LogP contribution in [0.5, 0.6) is 5.88 Å². The molecule has 1 amide bonds. The van der Waals surface area contributed by atoms with E-state index in [1.807, 2.05) is 72.6 Å². The summed E-state index contributed by atoms with van der Waals surface area (Å²) in [6.07, 6.45) is 4.74. The first-order valence-electron chi connectivity index (χ1n) is 15.7. The molecule has 0 unspecified atom stereocenters. The van der Waals surface area contributed by atoms with Gasteiger partial charge in [-0.05, 0) is 30.2 Å². The Balaban J connectivity index is 1.19. The lowest BCUT2D eigenvalue weighted by Crippen LogP contribution is -2.35. The van der Waals surface area contributed by atoms with E-state index in [2.05, 4.69) is 15.6 Å². The first kappa shape index (κ1) is 31.8. The van der Waals surface area contributed by atoms with Gasteiger partial charge < -0.3 is 20.3 Å². The Kier molecular flexibility index (Phi) is 8.87. The van der Waals surface area contributed by atoms with E-state index in [1.165, 1.54) is 4.40 Å². The average molecular weight is 683 g/mol. The number of aliphatic imine (C=N–C) groups is 1. The zero-order valence-electron chi connectivity index (χ0n) is 26.5. The molecule has 2 aromatic carbocycles. The Hall–Kier alpha value is -4.77. The molecule has 0 saturated carbocycles. The highest BCUT2D eigenvalue weighted by Gasteiger charge is 2.22. The van der Waals surface area contributed by atoms with Crippen molar-refractivity contribution >= 4 is 46.8 Å². The smallest absolute Gasteiger partial charge is 0.268 e. The minimum absolute atomic E-state index is 0.0964. The summed E-state index contributed by atoms with van der Waals surface area (Å²) in [5.74, 6) is 1.20. The lowest BCUT2D eigenvalue weighted by Gasteiger charge is -2.18. The van der Waals surface area contributed by atoms with Crippen LogP contribution in [0.15, 0.2) is 76.6 Å². The van der Waals surface area contributed by atoms with Gasteiger partial charge in [0, 0.05) is 79.4 Å². The Bertz CT molecular complexity index is 2150. The van der Waals surface area contributed by atoms with E-state index in [4.69, 9.17) is 37.9 Å². The molecule has 3 aromatic heterocycles. The molecule has 48 heavy (non-hydrogen) atoms. The Morgan fingerprint density at radius 2 is 1.73 bits per heavy atom. The first-order chi connectivity index (χ1) is 23.3. The molecule has 1 atom stereocenters. The van der Waals surface area contributed by atoms with Crippen LogP contribution in [-0.4, -0.2) is 66.3 Å². The van der Waals surface area contributed by atoms with Crippen LogP contribution in [0.3, 0.4) is 0 Å². The summed E-state index contributed by atoms with van der Waals surface area (Å²) in [6.45, 7) is 2.49. The topological polar surface area (TPSA) is 113 Å². The Morgan fingerprint density at radius 3 is 2.48 bits per heavy atom. The number of nitrogens with zero attached hydrogens (tertiary/aromatic N) is 5. The number of pyridine rings is 2. The minimum atomic E-state index is -0.170. The SMILES string of the molecule is COc1nc(-c2cccc(-c3cccc(-c4ccn5c(=O)c6c(nc5c4)N(C)CCN=C6)c3Cl)c2Cl)ccc1CNC[C@@H]1CCC(=O)N1. The van der Waals surface area contributed by atoms with Crippen LogP contribution >= 0.6 is 23.2 Å². The van der Waals surface area contributed by atoms with Crippen molar-refractivity contribution in [3.05, 3.63) is 98.4 Å². The fourth-order valence-corrected chi connectivity index (χ4v) is 6.89. The maximum Gasteiger partial charge on any atom is 0.268 e. The summed E-state index contributed by atoms with van der Waals surface area (Å²) in [6, 6.07) is 19.4. The summed E-state index contributed by atoms with van der Waals surface area (Å²) in [7, 11) is 3.51. The Morgan fingerprint density at radius 1 is 0.979 bits per heavy atom. The largest absolute Gasteiger partial charge is 0.481 e. The molecule has 0 bridgehead atoms. The molecule has 0 aliphatic carbocycles. The molecule has 0 spiro atoms. The van der Waals surface area contributed by atoms with Crippen LogP contribution in [0.4, 0.5) is 5.82 Å². The molecular formula is C36H33Cl2N7O3. The van der Waals surface area contributed by atoms with E-state index in [9.17, 15) is 9.59 Å². The first-order valence-corrected chi connectivity index (χ1v) is 16.5. The zero-order valence-corrected chi connectivity index (χ0v) is 28.0. The number of carbonyl (C=O) groups excluding carboxylic acids is 1. The summed E-state index contributed by atoms with van der Waals surface area (Å²) in [5, 5.41) is 7.39. The maximum atomic E-state index is 13.3. The molecule has 5 heterocycles. The summed E-state index contributed by atoms with van der Waals surface area (Å²) in [4.78, 5) is 40.7. The molecule has 0 radical (unpaired) electrons. The number of benzene rings is 2. The fraction of sp³-hybridized carbons (Fsp3) is 0.250. The van der Waals surface area contributed by atoms with Gasteiger partial charge in [-0.2, -0.15) is 0 Å². The number of hydrogen-bond acceptors (Lipinski definition) is 8. The number of rotatable bonds is 8. The van der Waals surface area contributed by atoms with Gasteiger partial charge in [0.2, 0.25) is 11.8 Å².